The summed E-state index contributed by atoms with van der Waals surface area (Å²) in [7, 11) is 5.55. The molecular formula is C97H108N14O13. The van der Waals surface area contributed by atoms with Crippen LogP contribution in [0.5, 0.6) is 0 Å². The zero-order valence-electron chi connectivity index (χ0n) is 71.8. The standard InChI is InChI=1S/C46H49N7O5.C42H49N7O5.C9H10O3/c1-28(2)40(51-46(56)58-4)44(54)52-22-8-12-38(52)42-48-27-37(50-42)35-21-20-33-24-32(18-19-34(33)25-35)29-14-16-30(17-15-29)36-26-47-43(49-36)39-13-9-23-53(39)45(55)41(57-3)31-10-6-5-7-11-31;1-25(2)36(47-40(51)53-6)39(50)48-19-7-9-34(48)37-44-24-33(46-37)31-18-17-29-21-28(15-16-30(29)22-31)26-11-13-27(14-12-26)32-23-43-38(45-32)35-10-8-20-49(35)41(52)54-42(3,4)5;1-12-8(9(10)11)7-5-3-2-4-6-7/h5-7,10-11,14-21,24-28,38-41H,8-9,12-13,22-23H2,1-4H3,(H,47,49)(H,48,50)(H,51,56);11-18,21-25,34-36H,7-10,19-20H2,1-6H3,(H,43,45)(H,44,46)(H,47,51);2-6,8H,1H3,(H,10,11)/t38-,39?,40-,41+;34-,35?,36-;8-/m001/s1. The predicted molar refractivity (Wildman–Crippen MR) is 473 cm³/mol. The van der Waals surface area contributed by atoms with E-state index in [1.54, 1.807) is 36.3 Å². The molecule has 0 bridgehead atoms. The molecular weight excluding hydrogens is 1570 g/mol. The van der Waals surface area contributed by atoms with Crippen molar-refractivity contribution in [2.24, 2.45) is 11.8 Å². The van der Waals surface area contributed by atoms with E-state index in [-0.39, 0.29) is 59.8 Å². The molecule has 4 fully saturated rings. The number of aromatic amines is 4. The Labute approximate surface area is 721 Å². The minimum Gasteiger partial charge on any atom is -0.479 e. The molecule has 4 aliphatic rings. The number of rotatable bonds is 22. The van der Waals surface area contributed by atoms with E-state index in [2.05, 4.69) is 157 Å². The molecule has 7 N–H and O–H groups in total. The summed E-state index contributed by atoms with van der Waals surface area (Å²) in [4.78, 5) is 128. The monoisotopic (exact) mass is 1680 g/mol. The highest BCUT2D eigenvalue weighted by Gasteiger charge is 2.42. The Balaban J connectivity index is 0.000000178. The Morgan fingerprint density at radius 1 is 0.387 bits per heavy atom. The van der Waals surface area contributed by atoms with E-state index < -0.39 is 48.0 Å². The Kier molecular flexibility index (Phi) is 27.3. The van der Waals surface area contributed by atoms with Gasteiger partial charge in [0.25, 0.3) is 5.91 Å². The van der Waals surface area contributed by atoms with Gasteiger partial charge in [0.1, 0.15) is 41.0 Å². The number of nitrogens with one attached hydrogen (secondary N) is 6. The van der Waals surface area contributed by atoms with Crippen LogP contribution in [0.15, 0.2) is 207 Å². The number of methoxy groups -OCH3 is 4. The summed E-state index contributed by atoms with van der Waals surface area (Å²) in [5.74, 6) is 1.57. The number of nitrogens with zero attached hydrogens (tertiary/aromatic N) is 8. The fourth-order valence-corrected chi connectivity index (χ4v) is 16.9. The number of fused-ring (bicyclic) bond motifs is 2. The highest BCUT2D eigenvalue weighted by atomic mass is 16.6. The number of ether oxygens (including phenoxy) is 5. The van der Waals surface area contributed by atoms with Crippen LogP contribution in [0.2, 0.25) is 0 Å². The molecule has 16 rings (SSSR count). The molecule has 8 aromatic carbocycles. The maximum Gasteiger partial charge on any atom is 0.410 e. The van der Waals surface area contributed by atoms with Gasteiger partial charge in [0.15, 0.2) is 12.2 Å². The van der Waals surface area contributed by atoms with Gasteiger partial charge in [-0.3, -0.25) is 19.3 Å². The van der Waals surface area contributed by atoms with E-state index in [0.29, 0.717) is 31.7 Å². The average molecular weight is 1680 g/mol. The third kappa shape index (κ3) is 19.9. The second-order valence-electron chi connectivity index (χ2n) is 33.4. The largest absolute Gasteiger partial charge is 0.479 e. The third-order valence-corrected chi connectivity index (χ3v) is 23.4. The van der Waals surface area contributed by atoms with Crippen molar-refractivity contribution in [3.05, 3.63) is 241 Å². The van der Waals surface area contributed by atoms with E-state index in [9.17, 15) is 33.6 Å². The van der Waals surface area contributed by atoms with Crippen LogP contribution in [0.4, 0.5) is 14.4 Å². The summed E-state index contributed by atoms with van der Waals surface area (Å²) >= 11 is 0. The van der Waals surface area contributed by atoms with Gasteiger partial charge in [-0.25, -0.2) is 39.1 Å². The molecule has 2 unspecified atom stereocenters. The molecule has 27 nitrogen and oxygen atoms in total. The SMILES string of the molecule is COC(=O)N[C@H](C(=O)N1CCC[C@H]1c1ncc(-c2ccc3cc(-c4ccc(-c5cnc(C6CCCN6C(=O)OC(C)(C)C)[nH]5)cc4)ccc3c2)[nH]1)C(C)C.COC(=O)N[C@H](C(=O)N1CCC[C@H]1c1ncc(-c2ccc3cc(-c4ccc(-c5cnc(C6CCCN6C(=O)[C@H](OC)c6ccccc6)[nH]5)cc4)ccc3c2)[nH]1)C(C)C.CO[C@@H](C(=O)O)c1ccccc1. The number of carboxylic acids is 1. The van der Waals surface area contributed by atoms with Crippen LogP contribution in [0.1, 0.15) is 171 Å². The number of imidazole rings is 4. The fraction of sp³-hybridized carbons (Fsp3) is 0.351. The smallest absolute Gasteiger partial charge is 0.410 e. The zero-order chi connectivity index (χ0) is 87.5. The summed E-state index contributed by atoms with van der Waals surface area (Å²) in [5.41, 5.74) is 13.0. The third-order valence-electron chi connectivity index (χ3n) is 23.4. The lowest BCUT2D eigenvalue weighted by atomic mass is 9.98. The van der Waals surface area contributed by atoms with Crippen LogP contribution in [-0.4, -0.2) is 179 Å². The van der Waals surface area contributed by atoms with E-state index in [1.165, 1.54) is 21.3 Å². The van der Waals surface area contributed by atoms with Gasteiger partial charge in [-0.2, -0.15) is 0 Å². The van der Waals surface area contributed by atoms with Crippen LogP contribution in [0.25, 0.3) is 88.8 Å². The molecule has 4 aromatic heterocycles. The van der Waals surface area contributed by atoms with Crippen molar-refractivity contribution in [1.29, 1.82) is 0 Å². The number of aromatic nitrogens is 8. The number of carbonyl (C=O) groups excluding carboxylic acids is 6. The minimum absolute atomic E-state index is 0.0468. The molecule has 0 aliphatic carbocycles. The van der Waals surface area contributed by atoms with Crippen LogP contribution >= 0.6 is 0 Å². The number of H-pyrrole nitrogens is 4. The molecule has 0 saturated carbocycles. The fourth-order valence-electron chi connectivity index (χ4n) is 16.9. The molecule has 4 saturated heterocycles. The summed E-state index contributed by atoms with van der Waals surface area (Å²) in [5, 5.41) is 18.6. The number of amides is 6. The van der Waals surface area contributed by atoms with Gasteiger partial charge in [-0.1, -0.05) is 185 Å². The Morgan fingerprint density at radius 3 is 1.02 bits per heavy atom. The van der Waals surface area contributed by atoms with E-state index in [4.69, 9.17) is 43.7 Å². The lowest BCUT2D eigenvalue weighted by Gasteiger charge is -2.30. The van der Waals surface area contributed by atoms with Gasteiger partial charge in [0.05, 0.1) is 86.0 Å². The number of alkyl carbamates (subject to hydrolysis) is 2. The molecule has 8 heterocycles. The number of hydrogen-bond donors (Lipinski definition) is 7. The molecule has 27 heteroatoms. The number of aliphatic carboxylic acids is 1. The molecule has 6 amide bonds. The van der Waals surface area contributed by atoms with Crippen molar-refractivity contribution in [2.45, 2.75) is 154 Å². The topological polar surface area (TPSA) is 338 Å². The van der Waals surface area contributed by atoms with Gasteiger partial charge in [0.2, 0.25) is 11.8 Å². The van der Waals surface area contributed by atoms with E-state index >= 15 is 0 Å². The Morgan fingerprint density at radius 2 is 0.685 bits per heavy atom. The Hall–Kier alpha value is -13.3. The highest BCUT2D eigenvalue weighted by molar-refractivity contribution is 5.93. The van der Waals surface area contributed by atoms with E-state index in [1.807, 2.05) is 124 Å². The molecule has 0 radical (unpaired) electrons. The number of benzene rings is 8. The lowest BCUT2D eigenvalue weighted by Crippen LogP contribution is -2.51. The summed E-state index contributed by atoms with van der Waals surface area (Å²) in [6.07, 6.45) is 11.1. The quantitative estimate of drug-likeness (QED) is 0.0310. The van der Waals surface area contributed by atoms with Crippen LogP contribution in [-0.2, 0) is 42.9 Å². The second-order valence-corrected chi connectivity index (χ2v) is 33.4. The highest BCUT2D eigenvalue weighted by Crippen LogP contribution is 2.41. The first-order valence-electron chi connectivity index (χ1n) is 42.3. The number of carbonyl (C=O) groups is 7. The first-order valence-corrected chi connectivity index (χ1v) is 42.3. The normalized spacial score (nSPS) is 17.4. The molecule has 0 spiro atoms. The first kappa shape index (κ1) is 87.1. The van der Waals surface area contributed by atoms with Gasteiger partial charge in [-0.15, -0.1) is 0 Å². The van der Waals surface area contributed by atoms with Crippen molar-refractivity contribution in [3.63, 3.8) is 0 Å². The second kappa shape index (κ2) is 38.9. The van der Waals surface area contributed by atoms with Crippen molar-refractivity contribution >= 4 is 63.5 Å². The number of hydrogen-bond acceptors (Lipinski definition) is 16. The van der Waals surface area contributed by atoms with Crippen molar-refractivity contribution < 1.29 is 62.4 Å². The minimum atomic E-state index is -0.969. The molecule has 124 heavy (non-hydrogen) atoms. The van der Waals surface area contributed by atoms with Crippen LogP contribution in [0.3, 0.4) is 0 Å². The number of likely N-dealkylation sites (tertiary alicyclic amines) is 4. The van der Waals surface area contributed by atoms with E-state index in [0.717, 1.165) is 169 Å². The molecule has 4 aliphatic heterocycles. The summed E-state index contributed by atoms with van der Waals surface area (Å²) < 4.78 is 25.6. The summed E-state index contributed by atoms with van der Waals surface area (Å²) in [6.45, 7) is 15.8. The lowest BCUT2D eigenvalue weighted by molar-refractivity contribution is -0.149. The van der Waals surface area contributed by atoms with Gasteiger partial charge in [-0.05, 0) is 174 Å². The molecule has 644 valence electrons. The first-order chi connectivity index (χ1) is 59.8. The Bertz CT molecular complexity index is 5740. The van der Waals surface area contributed by atoms with Crippen molar-refractivity contribution in [2.75, 3.05) is 54.6 Å². The maximum atomic E-state index is 13.6. The van der Waals surface area contributed by atoms with Crippen LogP contribution in [0, 0.1) is 11.8 Å². The zero-order valence-corrected chi connectivity index (χ0v) is 71.8. The maximum absolute atomic E-state index is 13.6. The molecule has 8 atom stereocenters. The number of carboxylic acid groups (broad SMARTS) is 1. The average Bonchev–Trinajstić information content (AvgIpc) is 1.58. The van der Waals surface area contributed by atoms with Crippen molar-refractivity contribution in [3.8, 4) is 67.3 Å². The summed E-state index contributed by atoms with van der Waals surface area (Å²) in [6, 6.07) is 59.0. The van der Waals surface area contributed by atoms with Crippen molar-refractivity contribution in [1.82, 2.24) is 70.1 Å². The molecule has 12 aromatic rings. The van der Waals surface area contributed by atoms with Gasteiger partial charge < -0.3 is 74.1 Å². The predicted octanol–water partition coefficient (Wildman–Crippen LogP) is 18.2. The van der Waals surface area contributed by atoms with Gasteiger partial charge in [0, 0.05) is 51.5 Å². The van der Waals surface area contributed by atoms with Crippen LogP contribution < -0.4 is 10.6 Å². The van der Waals surface area contributed by atoms with Gasteiger partial charge >= 0.3 is 24.2 Å².